The van der Waals surface area contributed by atoms with Crippen molar-refractivity contribution in [3.05, 3.63) is 0 Å². The summed E-state index contributed by atoms with van der Waals surface area (Å²) in [6.45, 7) is 16.3. The Morgan fingerprint density at radius 2 is 1.62 bits per heavy atom. The van der Waals surface area contributed by atoms with Crippen molar-refractivity contribution < 1.29 is 9.53 Å². The maximum Gasteiger partial charge on any atom is 0.236 e. The Morgan fingerprint density at radius 1 is 1.00 bits per heavy atom. The van der Waals surface area contributed by atoms with Crippen LogP contribution in [0.4, 0.5) is 0 Å². The van der Waals surface area contributed by atoms with Crippen molar-refractivity contribution in [2.75, 3.05) is 52.4 Å². The van der Waals surface area contributed by atoms with Crippen molar-refractivity contribution >= 4 is 5.91 Å². The van der Waals surface area contributed by atoms with Gasteiger partial charge in [0.15, 0.2) is 0 Å². The first-order chi connectivity index (χ1) is 12.4. The van der Waals surface area contributed by atoms with Gasteiger partial charge in [-0.05, 0) is 77.8 Å². The standard InChI is InChI=1S/C21H39N3O2/c1-17(2)23-9-11-24(12-10-23)20(25)15-22-7-5-21(6-8-22)13-19(14-21)16-26-18(3)4/h17-19H,5-16H2,1-4H3. The van der Waals surface area contributed by atoms with Gasteiger partial charge in [-0.3, -0.25) is 14.6 Å². The second kappa shape index (κ2) is 8.57. The molecule has 5 heteroatoms. The molecule has 0 bridgehead atoms. The monoisotopic (exact) mass is 365 g/mol. The molecule has 3 aliphatic rings. The van der Waals surface area contributed by atoms with Crippen molar-refractivity contribution in [1.29, 1.82) is 0 Å². The maximum absolute atomic E-state index is 12.6. The lowest BCUT2D eigenvalue weighted by atomic mass is 9.58. The Morgan fingerprint density at radius 3 is 2.15 bits per heavy atom. The number of likely N-dealkylation sites (tertiary alicyclic amines) is 1. The average Bonchev–Trinajstić information content (AvgIpc) is 2.59. The molecule has 0 radical (unpaired) electrons. The summed E-state index contributed by atoms with van der Waals surface area (Å²) in [6.07, 6.45) is 5.54. The number of piperazine rings is 1. The molecule has 0 unspecified atom stereocenters. The van der Waals surface area contributed by atoms with Gasteiger partial charge in [0.1, 0.15) is 0 Å². The number of rotatable bonds is 6. The SMILES string of the molecule is CC(C)OCC1CC2(CCN(CC(=O)N3CCN(C(C)C)CC3)CC2)C1. The lowest BCUT2D eigenvalue weighted by Crippen LogP contribution is -2.54. The summed E-state index contributed by atoms with van der Waals surface area (Å²) < 4.78 is 5.78. The van der Waals surface area contributed by atoms with Gasteiger partial charge in [-0.1, -0.05) is 0 Å². The van der Waals surface area contributed by atoms with Crippen molar-refractivity contribution in [3.8, 4) is 0 Å². The van der Waals surface area contributed by atoms with Crippen LogP contribution < -0.4 is 0 Å². The third-order valence-electron chi connectivity index (χ3n) is 6.78. The van der Waals surface area contributed by atoms with E-state index in [1.165, 1.54) is 25.7 Å². The molecule has 2 aliphatic heterocycles. The highest BCUT2D eigenvalue weighted by Crippen LogP contribution is 2.52. The maximum atomic E-state index is 12.6. The van der Waals surface area contributed by atoms with Gasteiger partial charge >= 0.3 is 0 Å². The molecule has 1 spiro atoms. The Hall–Kier alpha value is -0.650. The van der Waals surface area contributed by atoms with Crippen LogP contribution in [0.3, 0.4) is 0 Å². The smallest absolute Gasteiger partial charge is 0.236 e. The molecular formula is C21H39N3O2. The van der Waals surface area contributed by atoms with Gasteiger partial charge in [0.25, 0.3) is 0 Å². The summed E-state index contributed by atoms with van der Waals surface area (Å²) in [7, 11) is 0. The molecule has 150 valence electrons. The van der Waals surface area contributed by atoms with Crippen LogP contribution >= 0.6 is 0 Å². The minimum atomic E-state index is 0.334. The first kappa shape index (κ1) is 20.1. The van der Waals surface area contributed by atoms with E-state index in [9.17, 15) is 4.79 Å². The van der Waals surface area contributed by atoms with Crippen LogP contribution in [-0.2, 0) is 9.53 Å². The van der Waals surface area contributed by atoms with Crippen LogP contribution in [0.25, 0.3) is 0 Å². The normalized spacial score (nSPS) is 25.2. The number of nitrogens with zero attached hydrogens (tertiary/aromatic N) is 3. The molecule has 5 nitrogen and oxygen atoms in total. The van der Waals surface area contributed by atoms with Gasteiger partial charge in [-0.2, -0.15) is 0 Å². The van der Waals surface area contributed by atoms with Crippen LogP contribution in [-0.4, -0.2) is 85.2 Å². The van der Waals surface area contributed by atoms with Crippen LogP contribution in [0.1, 0.15) is 53.4 Å². The van der Waals surface area contributed by atoms with Crippen LogP contribution in [0.15, 0.2) is 0 Å². The molecule has 0 aromatic carbocycles. The lowest BCUT2D eigenvalue weighted by Gasteiger charge is -2.52. The summed E-state index contributed by atoms with van der Waals surface area (Å²) in [5.41, 5.74) is 0.563. The third kappa shape index (κ3) is 4.99. The summed E-state index contributed by atoms with van der Waals surface area (Å²) in [5, 5.41) is 0. The van der Waals surface area contributed by atoms with Gasteiger partial charge in [0.05, 0.1) is 12.6 Å². The highest BCUT2D eigenvalue weighted by molar-refractivity contribution is 5.78. The number of ether oxygens (including phenoxy) is 1. The van der Waals surface area contributed by atoms with Gasteiger partial charge in [-0.25, -0.2) is 0 Å². The predicted octanol–water partition coefficient (Wildman–Crippen LogP) is 2.46. The Bertz CT molecular complexity index is 456. The fraction of sp³-hybridized carbons (Fsp3) is 0.952. The second-order valence-electron chi connectivity index (χ2n) is 9.44. The molecule has 0 N–H and O–H groups in total. The van der Waals surface area contributed by atoms with Crippen LogP contribution in [0, 0.1) is 11.3 Å². The van der Waals surface area contributed by atoms with Crippen molar-refractivity contribution in [3.63, 3.8) is 0 Å². The van der Waals surface area contributed by atoms with Crippen molar-refractivity contribution in [2.24, 2.45) is 11.3 Å². The third-order valence-corrected chi connectivity index (χ3v) is 6.78. The molecule has 0 atom stereocenters. The summed E-state index contributed by atoms with van der Waals surface area (Å²) in [5.74, 6) is 1.10. The number of piperidine rings is 1. The number of hydrogen-bond donors (Lipinski definition) is 0. The van der Waals surface area contributed by atoms with E-state index in [0.29, 0.717) is 30.0 Å². The fourth-order valence-corrected chi connectivity index (χ4v) is 4.98. The number of amides is 1. The Balaban J connectivity index is 1.34. The van der Waals surface area contributed by atoms with Gasteiger partial charge in [0, 0.05) is 38.8 Å². The molecule has 3 rings (SSSR count). The molecule has 0 aromatic heterocycles. The largest absolute Gasteiger partial charge is 0.379 e. The number of hydrogen-bond acceptors (Lipinski definition) is 4. The van der Waals surface area contributed by atoms with E-state index in [-0.39, 0.29) is 0 Å². The van der Waals surface area contributed by atoms with Gasteiger partial charge in [0.2, 0.25) is 5.91 Å². The molecule has 2 saturated heterocycles. The zero-order chi connectivity index (χ0) is 18.7. The quantitative estimate of drug-likeness (QED) is 0.724. The highest BCUT2D eigenvalue weighted by atomic mass is 16.5. The number of carbonyl (C=O) groups excluding carboxylic acids is 1. The lowest BCUT2D eigenvalue weighted by molar-refractivity contribution is -0.135. The molecule has 1 amide bonds. The van der Waals surface area contributed by atoms with Crippen LogP contribution in [0.2, 0.25) is 0 Å². The van der Waals surface area contributed by atoms with E-state index >= 15 is 0 Å². The minimum Gasteiger partial charge on any atom is -0.379 e. The Labute approximate surface area is 160 Å². The summed E-state index contributed by atoms with van der Waals surface area (Å²) in [6, 6.07) is 0.586. The molecule has 0 aromatic rings. The minimum absolute atomic E-state index is 0.334. The molecule has 3 fully saturated rings. The molecule has 2 heterocycles. The van der Waals surface area contributed by atoms with E-state index in [0.717, 1.165) is 51.8 Å². The zero-order valence-corrected chi connectivity index (χ0v) is 17.4. The first-order valence-electron chi connectivity index (χ1n) is 10.7. The van der Waals surface area contributed by atoms with E-state index < -0.39 is 0 Å². The summed E-state index contributed by atoms with van der Waals surface area (Å²) in [4.78, 5) is 19.6. The van der Waals surface area contributed by atoms with E-state index in [1.807, 2.05) is 0 Å². The topological polar surface area (TPSA) is 36.0 Å². The van der Waals surface area contributed by atoms with E-state index in [4.69, 9.17) is 4.74 Å². The van der Waals surface area contributed by atoms with Gasteiger partial charge in [-0.15, -0.1) is 0 Å². The Kier molecular flexibility index (Phi) is 6.63. The number of carbonyl (C=O) groups is 1. The average molecular weight is 366 g/mol. The molecule has 26 heavy (non-hydrogen) atoms. The zero-order valence-electron chi connectivity index (χ0n) is 17.4. The van der Waals surface area contributed by atoms with Crippen molar-refractivity contribution in [1.82, 2.24) is 14.7 Å². The first-order valence-corrected chi connectivity index (χ1v) is 10.7. The second-order valence-corrected chi connectivity index (χ2v) is 9.44. The predicted molar refractivity (Wildman–Crippen MR) is 105 cm³/mol. The molecule has 1 saturated carbocycles. The fourth-order valence-electron chi connectivity index (χ4n) is 4.98. The van der Waals surface area contributed by atoms with Gasteiger partial charge < -0.3 is 9.64 Å². The van der Waals surface area contributed by atoms with Crippen LogP contribution in [0.5, 0.6) is 0 Å². The van der Waals surface area contributed by atoms with Crippen molar-refractivity contribution in [2.45, 2.75) is 65.5 Å². The molecular weight excluding hydrogens is 326 g/mol. The van der Waals surface area contributed by atoms with E-state index in [2.05, 4.69) is 42.4 Å². The summed E-state index contributed by atoms with van der Waals surface area (Å²) >= 11 is 0. The highest BCUT2D eigenvalue weighted by Gasteiger charge is 2.45. The van der Waals surface area contributed by atoms with E-state index in [1.54, 1.807) is 0 Å². The molecule has 1 aliphatic carbocycles.